The molecule has 0 unspecified atom stereocenters. The molecule has 0 aliphatic rings. The molecule has 94 valence electrons. The smallest absolute Gasteiger partial charge is 0.184 e. The third kappa shape index (κ3) is 2.66. The van der Waals surface area contributed by atoms with Gasteiger partial charge in [-0.05, 0) is 62.2 Å². The molecule has 0 aromatic heterocycles. The van der Waals surface area contributed by atoms with Crippen LogP contribution in [-0.4, -0.2) is 12.2 Å². The normalized spacial score (nSPS) is 10.0. The molecule has 0 atom stereocenters. The van der Waals surface area contributed by atoms with Gasteiger partial charge in [-0.3, -0.25) is 10.9 Å². The van der Waals surface area contributed by atoms with E-state index in [9.17, 15) is 4.39 Å². The van der Waals surface area contributed by atoms with Crippen LogP contribution in [0, 0.1) is 33.5 Å². The van der Waals surface area contributed by atoms with Crippen molar-refractivity contribution in [2.45, 2.75) is 27.7 Å². The summed E-state index contributed by atoms with van der Waals surface area (Å²) in [6.45, 7) is 7.57. The molecule has 5 heteroatoms. The van der Waals surface area contributed by atoms with E-state index in [1.54, 1.807) is 14.0 Å². The molecule has 0 fully saturated rings. The van der Waals surface area contributed by atoms with Crippen LogP contribution in [0.2, 0.25) is 0 Å². The van der Waals surface area contributed by atoms with Crippen LogP contribution in [0.15, 0.2) is 0 Å². The Morgan fingerprint density at radius 3 is 2.06 bits per heavy atom. The van der Waals surface area contributed by atoms with Crippen molar-refractivity contribution in [2.24, 2.45) is 0 Å². The lowest BCUT2D eigenvalue weighted by molar-refractivity contribution is 0.616. The van der Waals surface area contributed by atoms with Gasteiger partial charge in [-0.25, -0.2) is 4.39 Å². The van der Waals surface area contributed by atoms with Gasteiger partial charge in [0.2, 0.25) is 0 Å². The van der Waals surface area contributed by atoms with E-state index in [4.69, 9.17) is 12.2 Å². The van der Waals surface area contributed by atoms with Gasteiger partial charge in [-0.15, -0.1) is 0 Å². The topological polar surface area (TPSA) is 36.1 Å². The maximum Gasteiger partial charge on any atom is 0.184 e. The summed E-state index contributed by atoms with van der Waals surface area (Å²) >= 11 is 4.93. The molecule has 0 aliphatic carbocycles. The largest absolute Gasteiger partial charge is 0.364 e. The highest BCUT2D eigenvalue weighted by molar-refractivity contribution is 7.80. The second-order valence-corrected chi connectivity index (χ2v) is 4.43. The molecule has 0 saturated carbocycles. The summed E-state index contributed by atoms with van der Waals surface area (Å²) < 4.78 is 14.1. The van der Waals surface area contributed by atoms with Crippen molar-refractivity contribution in [3.63, 3.8) is 0 Å². The van der Waals surface area contributed by atoms with Crippen LogP contribution in [0.5, 0.6) is 0 Å². The fraction of sp³-hybridized carbons (Fsp3) is 0.417. The fourth-order valence-electron chi connectivity index (χ4n) is 1.60. The summed E-state index contributed by atoms with van der Waals surface area (Å²) in [5.41, 5.74) is 9.61. The third-order valence-electron chi connectivity index (χ3n) is 3.14. The van der Waals surface area contributed by atoms with E-state index in [0.29, 0.717) is 16.4 Å². The lowest BCUT2D eigenvalue weighted by Gasteiger charge is -2.18. The summed E-state index contributed by atoms with van der Waals surface area (Å²) in [4.78, 5) is 0. The maximum absolute atomic E-state index is 14.1. The summed E-state index contributed by atoms with van der Waals surface area (Å²) in [5, 5.41) is 3.17. The predicted molar refractivity (Wildman–Crippen MR) is 73.8 cm³/mol. The van der Waals surface area contributed by atoms with Gasteiger partial charge in [0.1, 0.15) is 0 Å². The highest BCUT2D eigenvalue weighted by atomic mass is 32.1. The minimum atomic E-state index is -0.239. The number of anilines is 1. The van der Waals surface area contributed by atoms with Gasteiger partial charge in [0.05, 0.1) is 5.69 Å². The Bertz CT molecular complexity index is 429. The van der Waals surface area contributed by atoms with Gasteiger partial charge in [0.25, 0.3) is 0 Å². The van der Waals surface area contributed by atoms with Gasteiger partial charge >= 0.3 is 0 Å². The SMILES string of the molecule is CNC(=S)NNc1c(C)c(C)c(C)c(C)c1F. The van der Waals surface area contributed by atoms with Crippen LogP contribution < -0.4 is 16.2 Å². The first kappa shape index (κ1) is 13.7. The number of nitrogens with one attached hydrogen (secondary N) is 3. The second-order valence-electron chi connectivity index (χ2n) is 4.02. The maximum atomic E-state index is 14.1. The number of hydrogen-bond donors (Lipinski definition) is 3. The molecule has 0 bridgehead atoms. The Morgan fingerprint density at radius 2 is 1.53 bits per heavy atom. The molecular formula is C12H18FN3S. The molecule has 0 heterocycles. The molecule has 0 amide bonds. The highest BCUT2D eigenvalue weighted by Crippen LogP contribution is 2.28. The minimum Gasteiger partial charge on any atom is -0.364 e. The zero-order valence-electron chi connectivity index (χ0n) is 10.8. The average molecular weight is 255 g/mol. The fourth-order valence-corrected chi connectivity index (χ4v) is 1.65. The molecule has 1 rings (SSSR count). The van der Waals surface area contributed by atoms with Crippen LogP contribution in [0.3, 0.4) is 0 Å². The number of thiocarbonyl (C=S) groups is 1. The Kier molecular flexibility index (Phi) is 4.28. The van der Waals surface area contributed by atoms with Gasteiger partial charge < -0.3 is 5.32 Å². The Hall–Kier alpha value is -1.36. The lowest BCUT2D eigenvalue weighted by atomic mass is 9.97. The lowest BCUT2D eigenvalue weighted by Crippen LogP contribution is -2.37. The summed E-state index contributed by atoms with van der Waals surface area (Å²) in [7, 11) is 1.70. The van der Waals surface area contributed by atoms with Crippen LogP contribution in [0.1, 0.15) is 22.3 Å². The van der Waals surface area contributed by atoms with Crippen molar-refractivity contribution in [1.29, 1.82) is 0 Å². The first-order valence-corrected chi connectivity index (χ1v) is 5.80. The molecule has 3 nitrogen and oxygen atoms in total. The van der Waals surface area contributed by atoms with E-state index in [1.807, 2.05) is 20.8 Å². The van der Waals surface area contributed by atoms with Crippen molar-refractivity contribution in [3.05, 3.63) is 28.1 Å². The van der Waals surface area contributed by atoms with E-state index in [1.165, 1.54) is 0 Å². The number of hydrogen-bond acceptors (Lipinski definition) is 2. The molecule has 1 aromatic rings. The Morgan fingerprint density at radius 1 is 1.00 bits per heavy atom. The summed E-state index contributed by atoms with van der Waals surface area (Å²) in [5.74, 6) is -0.239. The van der Waals surface area contributed by atoms with Gasteiger partial charge in [0, 0.05) is 7.05 Å². The van der Waals surface area contributed by atoms with Crippen LogP contribution in [-0.2, 0) is 0 Å². The number of hydrazine groups is 1. The molecular weight excluding hydrogens is 237 g/mol. The zero-order chi connectivity index (χ0) is 13.2. The summed E-state index contributed by atoms with van der Waals surface area (Å²) in [6.07, 6.45) is 0. The van der Waals surface area contributed by atoms with E-state index in [2.05, 4.69) is 16.2 Å². The standard InChI is InChI=1S/C12H18FN3S/c1-6-7(2)9(4)11(10(13)8(6)3)15-16-12(17)14-5/h15H,1-5H3,(H2,14,16,17). The average Bonchev–Trinajstić information content (AvgIpc) is 2.33. The first-order valence-electron chi connectivity index (χ1n) is 5.39. The molecule has 3 N–H and O–H groups in total. The molecule has 0 spiro atoms. The van der Waals surface area contributed by atoms with Crippen molar-refractivity contribution in [3.8, 4) is 0 Å². The highest BCUT2D eigenvalue weighted by Gasteiger charge is 2.14. The molecule has 0 saturated heterocycles. The van der Waals surface area contributed by atoms with Crippen molar-refractivity contribution in [2.75, 3.05) is 12.5 Å². The van der Waals surface area contributed by atoms with E-state index >= 15 is 0 Å². The van der Waals surface area contributed by atoms with E-state index < -0.39 is 0 Å². The van der Waals surface area contributed by atoms with E-state index in [-0.39, 0.29) is 5.82 Å². The zero-order valence-corrected chi connectivity index (χ0v) is 11.6. The Labute approximate surface area is 107 Å². The molecule has 0 radical (unpaired) electrons. The quantitative estimate of drug-likeness (QED) is 0.560. The molecule has 17 heavy (non-hydrogen) atoms. The number of benzene rings is 1. The molecule has 0 aliphatic heterocycles. The third-order valence-corrected chi connectivity index (χ3v) is 3.45. The van der Waals surface area contributed by atoms with Crippen molar-refractivity contribution in [1.82, 2.24) is 10.7 Å². The van der Waals surface area contributed by atoms with Gasteiger partial charge in [-0.2, -0.15) is 0 Å². The Balaban J connectivity index is 3.12. The minimum absolute atomic E-state index is 0.239. The first-order chi connectivity index (χ1) is 7.90. The summed E-state index contributed by atoms with van der Waals surface area (Å²) in [6, 6.07) is 0. The van der Waals surface area contributed by atoms with Crippen LogP contribution in [0.4, 0.5) is 10.1 Å². The molecule has 1 aromatic carbocycles. The number of rotatable bonds is 2. The van der Waals surface area contributed by atoms with E-state index in [0.717, 1.165) is 16.7 Å². The van der Waals surface area contributed by atoms with Crippen molar-refractivity contribution < 1.29 is 4.39 Å². The van der Waals surface area contributed by atoms with Crippen molar-refractivity contribution >= 4 is 23.0 Å². The van der Waals surface area contributed by atoms with Gasteiger partial charge in [0.15, 0.2) is 10.9 Å². The number of halogens is 1. The van der Waals surface area contributed by atoms with Gasteiger partial charge in [-0.1, -0.05) is 0 Å². The van der Waals surface area contributed by atoms with Crippen LogP contribution >= 0.6 is 12.2 Å². The second kappa shape index (κ2) is 5.31. The van der Waals surface area contributed by atoms with Crippen LogP contribution in [0.25, 0.3) is 0 Å². The predicted octanol–water partition coefficient (Wildman–Crippen LogP) is 2.48. The monoisotopic (exact) mass is 255 g/mol.